The van der Waals surface area contributed by atoms with Crippen LogP contribution < -0.4 is 10.1 Å². The summed E-state index contributed by atoms with van der Waals surface area (Å²) in [5.41, 5.74) is 2.23. The second kappa shape index (κ2) is 10.7. The Kier molecular flexibility index (Phi) is 8.54. The summed E-state index contributed by atoms with van der Waals surface area (Å²) in [4.78, 5) is 27.2. The van der Waals surface area contributed by atoms with Crippen molar-refractivity contribution >= 4 is 11.8 Å². The predicted molar refractivity (Wildman–Crippen MR) is 117 cm³/mol. The number of piperidine rings is 1. The minimum atomic E-state index is -0.557. The number of likely N-dealkylation sites (tertiary alicyclic amines) is 1. The first-order chi connectivity index (χ1) is 13.8. The maximum absolute atomic E-state index is 12.7. The predicted octanol–water partition coefficient (Wildman–Crippen LogP) is 4.43. The van der Waals surface area contributed by atoms with Crippen LogP contribution >= 0.6 is 0 Å². The first-order valence-electron chi connectivity index (χ1n) is 11.1. The molecule has 1 aromatic carbocycles. The Labute approximate surface area is 176 Å². The van der Waals surface area contributed by atoms with Crippen molar-refractivity contribution in [3.8, 4) is 5.75 Å². The first-order valence-corrected chi connectivity index (χ1v) is 11.1. The number of ether oxygens (including phenoxy) is 1. The molecule has 29 heavy (non-hydrogen) atoms. The van der Waals surface area contributed by atoms with Gasteiger partial charge in [0, 0.05) is 25.0 Å². The molecule has 0 radical (unpaired) electrons. The van der Waals surface area contributed by atoms with Gasteiger partial charge in [0.2, 0.25) is 5.91 Å². The van der Waals surface area contributed by atoms with E-state index < -0.39 is 6.10 Å². The molecule has 1 saturated heterocycles. The van der Waals surface area contributed by atoms with Crippen molar-refractivity contribution in [2.24, 2.45) is 5.92 Å². The van der Waals surface area contributed by atoms with Gasteiger partial charge in [0.1, 0.15) is 5.75 Å². The van der Waals surface area contributed by atoms with Crippen LogP contribution in [0.1, 0.15) is 77.3 Å². The third-order valence-corrected chi connectivity index (χ3v) is 5.95. The van der Waals surface area contributed by atoms with E-state index in [2.05, 4.69) is 45.1 Å². The lowest BCUT2D eigenvalue weighted by atomic mass is 9.98. The summed E-state index contributed by atoms with van der Waals surface area (Å²) in [7, 11) is 0. The zero-order valence-corrected chi connectivity index (χ0v) is 19.0. The lowest BCUT2D eigenvalue weighted by molar-refractivity contribution is -0.137. The van der Waals surface area contributed by atoms with Crippen molar-refractivity contribution in [3.05, 3.63) is 29.3 Å². The van der Waals surface area contributed by atoms with E-state index in [9.17, 15) is 9.59 Å². The number of benzene rings is 1. The van der Waals surface area contributed by atoms with Gasteiger partial charge in [-0.2, -0.15) is 0 Å². The smallest absolute Gasteiger partial charge is 0.260 e. The molecule has 2 rings (SSSR count). The Morgan fingerprint density at radius 3 is 2.31 bits per heavy atom. The molecule has 2 amide bonds. The van der Waals surface area contributed by atoms with Gasteiger partial charge < -0.3 is 15.0 Å². The molecule has 0 aromatic heterocycles. The Balaban J connectivity index is 1.88. The second-order valence-corrected chi connectivity index (χ2v) is 8.58. The van der Waals surface area contributed by atoms with Gasteiger partial charge in [-0.3, -0.25) is 9.59 Å². The van der Waals surface area contributed by atoms with Crippen molar-refractivity contribution < 1.29 is 14.3 Å². The number of hydrogen-bond acceptors (Lipinski definition) is 3. The van der Waals surface area contributed by atoms with Gasteiger partial charge in [0.05, 0.1) is 0 Å². The van der Waals surface area contributed by atoms with Gasteiger partial charge in [-0.1, -0.05) is 39.8 Å². The van der Waals surface area contributed by atoms with Crippen LogP contribution in [0.25, 0.3) is 0 Å². The van der Waals surface area contributed by atoms with Crippen LogP contribution in [-0.2, 0) is 9.59 Å². The van der Waals surface area contributed by atoms with Crippen LogP contribution in [0.4, 0.5) is 0 Å². The molecule has 1 atom stereocenters. The third kappa shape index (κ3) is 6.22. The van der Waals surface area contributed by atoms with Crippen molar-refractivity contribution in [3.63, 3.8) is 0 Å². The van der Waals surface area contributed by atoms with E-state index in [-0.39, 0.29) is 23.8 Å². The Bertz CT molecular complexity index is 689. The fourth-order valence-electron chi connectivity index (χ4n) is 3.92. The quantitative estimate of drug-likeness (QED) is 0.700. The van der Waals surface area contributed by atoms with Crippen molar-refractivity contribution in [1.82, 2.24) is 10.2 Å². The van der Waals surface area contributed by atoms with Crippen LogP contribution in [0.3, 0.4) is 0 Å². The van der Waals surface area contributed by atoms with Gasteiger partial charge in [-0.25, -0.2) is 0 Å². The number of carbonyl (C=O) groups excluding carboxylic acids is 2. The maximum Gasteiger partial charge on any atom is 0.260 e. The third-order valence-electron chi connectivity index (χ3n) is 5.95. The van der Waals surface area contributed by atoms with E-state index in [0.717, 1.165) is 42.6 Å². The maximum atomic E-state index is 12.7. The van der Waals surface area contributed by atoms with E-state index in [4.69, 9.17) is 4.74 Å². The summed E-state index contributed by atoms with van der Waals surface area (Å²) >= 11 is 0. The molecule has 0 bridgehead atoms. The number of nitrogens with zero attached hydrogens (tertiary/aromatic N) is 1. The molecule has 1 aliphatic rings. The average Bonchev–Trinajstić information content (AvgIpc) is 2.69. The zero-order valence-electron chi connectivity index (χ0n) is 19.0. The van der Waals surface area contributed by atoms with Crippen molar-refractivity contribution in [1.29, 1.82) is 0 Å². The SMILES string of the molecule is CCC(CC)C(=O)N1CCC(NC(=O)C(C)Oc2cc(C)ccc2C(C)C)CC1. The highest BCUT2D eigenvalue weighted by Gasteiger charge is 2.28. The molecule has 0 aliphatic carbocycles. The van der Waals surface area contributed by atoms with Gasteiger partial charge in [-0.05, 0) is 62.6 Å². The van der Waals surface area contributed by atoms with E-state index in [1.54, 1.807) is 6.92 Å². The fraction of sp³-hybridized carbons (Fsp3) is 0.667. The van der Waals surface area contributed by atoms with Crippen LogP contribution in [-0.4, -0.2) is 41.9 Å². The van der Waals surface area contributed by atoms with Crippen LogP contribution in [0.2, 0.25) is 0 Å². The summed E-state index contributed by atoms with van der Waals surface area (Å²) in [5, 5.41) is 3.12. The lowest BCUT2D eigenvalue weighted by Crippen LogP contribution is -2.50. The highest BCUT2D eigenvalue weighted by molar-refractivity contribution is 5.81. The second-order valence-electron chi connectivity index (χ2n) is 8.58. The minimum Gasteiger partial charge on any atom is -0.481 e. The first kappa shape index (κ1) is 23.2. The van der Waals surface area contributed by atoms with E-state index in [1.165, 1.54) is 0 Å². The number of rotatable bonds is 8. The lowest BCUT2D eigenvalue weighted by Gasteiger charge is -2.34. The molecule has 1 aromatic rings. The highest BCUT2D eigenvalue weighted by atomic mass is 16.5. The standard InChI is InChI=1S/C24H38N2O3/c1-7-19(8-2)24(28)26-13-11-20(12-14-26)25-23(27)18(6)29-22-15-17(5)9-10-21(22)16(3)4/h9-10,15-16,18-20H,7-8,11-14H2,1-6H3,(H,25,27). The number of nitrogens with one attached hydrogen (secondary N) is 1. The molecular formula is C24H38N2O3. The molecule has 1 heterocycles. The van der Waals surface area contributed by atoms with Gasteiger partial charge in [0.25, 0.3) is 5.91 Å². The summed E-state index contributed by atoms with van der Waals surface area (Å²) in [5.74, 6) is 1.41. The molecular weight excluding hydrogens is 364 g/mol. The molecule has 1 fully saturated rings. The van der Waals surface area contributed by atoms with Gasteiger partial charge in [-0.15, -0.1) is 0 Å². The van der Waals surface area contributed by atoms with Crippen LogP contribution in [0, 0.1) is 12.8 Å². The van der Waals surface area contributed by atoms with E-state index in [1.807, 2.05) is 17.9 Å². The molecule has 1 N–H and O–H groups in total. The summed E-state index contributed by atoms with van der Waals surface area (Å²) < 4.78 is 6.03. The molecule has 162 valence electrons. The normalized spacial score (nSPS) is 16.2. The number of amides is 2. The van der Waals surface area contributed by atoms with Gasteiger partial charge in [0.15, 0.2) is 6.10 Å². The molecule has 0 spiro atoms. The monoisotopic (exact) mass is 402 g/mol. The van der Waals surface area contributed by atoms with E-state index in [0.29, 0.717) is 19.0 Å². The summed E-state index contributed by atoms with van der Waals surface area (Å²) in [6, 6.07) is 6.25. The number of aryl methyl sites for hydroxylation is 1. The number of carbonyl (C=O) groups is 2. The molecule has 0 saturated carbocycles. The fourth-order valence-corrected chi connectivity index (χ4v) is 3.92. The highest BCUT2D eigenvalue weighted by Crippen LogP contribution is 2.28. The van der Waals surface area contributed by atoms with Crippen molar-refractivity contribution in [2.75, 3.05) is 13.1 Å². The molecule has 1 aliphatic heterocycles. The Hall–Kier alpha value is -2.04. The molecule has 5 nitrogen and oxygen atoms in total. The Morgan fingerprint density at radius 2 is 1.76 bits per heavy atom. The molecule has 1 unspecified atom stereocenters. The van der Waals surface area contributed by atoms with Crippen LogP contribution in [0.15, 0.2) is 18.2 Å². The Morgan fingerprint density at radius 1 is 1.14 bits per heavy atom. The molecule has 5 heteroatoms. The minimum absolute atomic E-state index is 0.0917. The summed E-state index contributed by atoms with van der Waals surface area (Å²) in [6.07, 6.45) is 2.81. The number of hydrogen-bond donors (Lipinski definition) is 1. The zero-order chi connectivity index (χ0) is 21.6. The van der Waals surface area contributed by atoms with Crippen molar-refractivity contribution in [2.45, 2.75) is 85.3 Å². The van der Waals surface area contributed by atoms with E-state index >= 15 is 0 Å². The topological polar surface area (TPSA) is 58.6 Å². The summed E-state index contributed by atoms with van der Waals surface area (Å²) in [6.45, 7) is 13.6. The average molecular weight is 403 g/mol. The largest absolute Gasteiger partial charge is 0.481 e. The van der Waals surface area contributed by atoms with Gasteiger partial charge >= 0.3 is 0 Å². The van der Waals surface area contributed by atoms with Crippen LogP contribution in [0.5, 0.6) is 5.75 Å².